The van der Waals surface area contributed by atoms with Gasteiger partial charge in [0.05, 0.1) is 17.7 Å². The van der Waals surface area contributed by atoms with Crippen LogP contribution < -0.4 is 0 Å². The van der Waals surface area contributed by atoms with Gasteiger partial charge in [0.15, 0.2) is 0 Å². The van der Waals surface area contributed by atoms with Crippen molar-refractivity contribution in [1.82, 2.24) is 4.98 Å². The van der Waals surface area contributed by atoms with E-state index in [4.69, 9.17) is 4.98 Å². The Morgan fingerprint density at radius 1 is 0.743 bits per heavy atom. The molecule has 0 aliphatic carbocycles. The summed E-state index contributed by atoms with van der Waals surface area (Å²) in [6.45, 7) is 22.5. The summed E-state index contributed by atoms with van der Waals surface area (Å²) in [6.07, 6.45) is -0.434. The summed E-state index contributed by atoms with van der Waals surface area (Å²) in [4.78, 5) is 4.92. The topological polar surface area (TPSA) is 53.4 Å². The van der Waals surface area contributed by atoms with E-state index in [1.165, 1.54) is 27.6 Å². The molecule has 3 nitrogen and oxygen atoms in total. The Hall–Kier alpha value is -1.58. The van der Waals surface area contributed by atoms with Crippen LogP contribution >= 0.6 is 0 Å². The monoisotopic (exact) mass is 655 g/mol. The first-order valence-electron chi connectivity index (χ1n) is 12.2. The summed E-state index contributed by atoms with van der Waals surface area (Å²) in [6, 6.07) is 14.4. The van der Waals surface area contributed by atoms with Crippen LogP contribution in [-0.2, 0) is 20.1 Å². The summed E-state index contributed by atoms with van der Waals surface area (Å²) in [5.41, 5.74) is 9.07. The molecule has 0 saturated heterocycles. The molecule has 35 heavy (non-hydrogen) atoms. The summed E-state index contributed by atoms with van der Waals surface area (Å²) in [5, 5.41) is 20.8. The molecule has 0 aliphatic rings. The van der Waals surface area contributed by atoms with Gasteiger partial charge in [-0.05, 0) is 54.5 Å². The molecule has 3 aromatic rings. The predicted octanol–water partition coefficient (Wildman–Crippen LogP) is 7.43. The molecule has 0 spiro atoms. The second-order valence-corrected chi connectivity index (χ2v) is 12.1. The van der Waals surface area contributed by atoms with Crippen LogP contribution in [0.3, 0.4) is 0 Å². The third kappa shape index (κ3) is 8.79. The van der Waals surface area contributed by atoms with E-state index in [2.05, 4.69) is 71.0 Å². The van der Waals surface area contributed by atoms with E-state index in [0.717, 1.165) is 22.3 Å². The van der Waals surface area contributed by atoms with Crippen molar-refractivity contribution in [2.75, 3.05) is 0 Å². The van der Waals surface area contributed by atoms with E-state index < -0.39 is 12.2 Å². The van der Waals surface area contributed by atoms with E-state index in [0.29, 0.717) is 6.42 Å². The molecule has 0 aliphatic heterocycles. The van der Waals surface area contributed by atoms with Gasteiger partial charge in [0.25, 0.3) is 0 Å². The van der Waals surface area contributed by atoms with Crippen LogP contribution in [-0.4, -0.2) is 27.4 Å². The minimum absolute atomic E-state index is 0. The van der Waals surface area contributed by atoms with Crippen LogP contribution in [0.4, 0.5) is 0 Å². The normalized spacial score (nSPS) is 13.5. The van der Waals surface area contributed by atoms with E-state index in [-0.39, 0.29) is 30.9 Å². The van der Waals surface area contributed by atoms with Gasteiger partial charge in [-0.25, -0.2) is 0 Å². The average Bonchev–Trinajstić information content (AvgIpc) is 2.66. The number of fused-ring (bicyclic) bond motifs is 1. The predicted molar refractivity (Wildman–Crippen MR) is 145 cm³/mol. The Balaban J connectivity index is 0.000000383. The third-order valence-electron chi connectivity index (χ3n) is 6.32. The van der Waals surface area contributed by atoms with Gasteiger partial charge in [0.2, 0.25) is 0 Å². The van der Waals surface area contributed by atoms with E-state index in [9.17, 15) is 10.2 Å². The third-order valence-corrected chi connectivity index (χ3v) is 6.32. The molecule has 2 atom stereocenters. The number of aliphatic hydroxyl groups is 2. The molecule has 3 rings (SSSR count). The Labute approximate surface area is 226 Å². The number of hydrogen-bond donors (Lipinski definition) is 2. The van der Waals surface area contributed by atoms with E-state index in [1.807, 2.05) is 41.5 Å². The van der Waals surface area contributed by atoms with Crippen molar-refractivity contribution < 1.29 is 30.3 Å². The number of benzene rings is 2. The quantitative estimate of drug-likeness (QED) is 0.289. The zero-order valence-corrected chi connectivity index (χ0v) is 25.8. The van der Waals surface area contributed by atoms with Crippen molar-refractivity contribution in [2.24, 2.45) is 10.8 Å². The van der Waals surface area contributed by atoms with Crippen molar-refractivity contribution in [3.8, 4) is 11.3 Å². The molecule has 0 bridgehead atoms. The molecule has 1 radical (unpaired) electrons. The molecule has 0 saturated carbocycles. The second-order valence-electron chi connectivity index (χ2n) is 12.1. The fourth-order valence-corrected chi connectivity index (χ4v) is 3.94. The molecule has 0 fully saturated rings. The number of pyridine rings is 1. The van der Waals surface area contributed by atoms with Gasteiger partial charge in [0, 0.05) is 31.9 Å². The molecule has 1 aromatic heterocycles. The molecular weight excluding hydrogens is 611 g/mol. The van der Waals surface area contributed by atoms with Gasteiger partial charge in [0.1, 0.15) is 0 Å². The molecule has 4 heteroatoms. The molecule has 2 aromatic carbocycles. The van der Waals surface area contributed by atoms with Crippen molar-refractivity contribution >= 4 is 10.9 Å². The molecule has 2 unspecified atom stereocenters. The SMILES string of the molecule is CC(C)(C)C(O)CC(O)C(C)(C)C.Cc1[c-]c(-c2nc3cc(C)cc(C)c3cc2C)cc(C)c1.[Ir]. The maximum atomic E-state index is 9.76. The Kier molecular flexibility index (Phi) is 10.9. The number of rotatable bonds is 3. The number of nitrogens with zero attached hydrogens (tertiary/aromatic N) is 1. The van der Waals surface area contributed by atoms with Crippen LogP contribution in [0.25, 0.3) is 22.2 Å². The number of aromatic nitrogens is 1. The van der Waals surface area contributed by atoms with Crippen LogP contribution in [0.5, 0.6) is 0 Å². The van der Waals surface area contributed by atoms with Crippen LogP contribution in [0.15, 0.2) is 30.3 Å². The minimum Gasteiger partial charge on any atom is -0.392 e. The average molecular weight is 655 g/mol. The Bertz CT molecular complexity index is 1100. The molecule has 0 amide bonds. The van der Waals surface area contributed by atoms with Crippen LogP contribution in [0, 0.1) is 51.5 Å². The summed E-state index contributed by atoms with van der Waals surface area (Å²) in [7, 11) is 0. The van der Waals surface area contributed by atoms with Crippen LogP contribution in [0.1, 0.15) is 75.8 Å². The Morgan fingerprint density at radius 2 is 1.26 bits per heavy atom. The van der Waals surface area contributed by atoms with Gasteiger partial charge in [-0.1, -0.05) is 73.1 Å². The largest absolute Gasteiger partial charge is 0.392 e. The number of aryl methyl sites for hydroxylation is 5. The van der Waals surface area contributed by atoms with E-state index >= 15 is 0 Å². The first-order valence-corrected chi connectivity index (χ1v) is 12.2. The van der Waals surface area contributed by atoms with E-state index in [1.54, 1.807) is 0 Å². The zero-order chi connectivity index (χ0) is 26.0. The van der Waals surface area contributed by atoms with Crippen molar-refractivity contribution in [2.45, 2.75) is 94.8 Å². The standard InChI is InChI=1S/C20H20N.C11H24O2.Ir/c1-12-6-13(2)9-17(8-12)20-16(5)11-18-15(4)7-14(3)10-19(18)21-20;1-10(2,3)8(12)7-9(13)11(4,5)6;/h6-8,10-11H,1-5H3;8-9,12-13H,7H2,1-6H3;/q-1;;. The van der Waals surface area contributed by atoms with Gasteiger partial charge >= 0.3 is 0 Å². The summed E-state index contributed by atoms with van der Waals surface area (Å²) in [5.74, 6) is 0. The first-order chi connectivity index (χ1) is 15.5. The minimum atomic E-state index is -0.443. The number of hydrogen-bond acceptors (Lipinski definition) is 3. The maximum Gasteiger partial charge on any atom is 0.0613 e. The molecule has 1 heterocycles. The van der Waals surface area contributed by atoms with Crippen molar-refractivity contribution in [1.29, 1.82) is 0 Å². The Morgan fingerprint density at radius 3 is 1.74 bits per heavy atom. The van der Waals surface area contributed by atoms with Crippen LogP contribution in [0.2, 0.25) is 0 Å². The zero-order valence-electron chi connectivity index (χ0n) is 23.4. The maximum absolute atomic E-state index is 9.76. The second kappa shape index (κ2) is 12.1. The number of aliphatic hydroxyl groups excluding tert-OH is 2. The fourth-order valence-electron chi connectivity index (χ4n) is 3.94. The van der Waals surface area contributed by atoms with Gasteiger partial charge in [-0.15, -0.1) is 34.9 Å². The fraction of sp³-hybridized carbons (Fsp3) is 0.516. The molecule has 2 N–H and O–H groups in total. The van der Waals surface area contributed by atoms with Crippen molar-refractivity contribution in [3.05, 3.63) is 64.2 Å². The van der Waals surface area contributed by atoms with Crippen molar-refractivity contribution in [3.63, 3.8) is 0 Å². The summed E-state index contributed by atoms with van der Waals surface area (Å²) >= 11 is 0. The van der Waals surface area contributed by atoms with Gasteiger partial charge in [-0.3, -0.25) is 4.98 Å². The smallest absolute Gasteiger partial charge is 0.0613 e. The molecule has 195 valence electrons. The van der Waals surface area contributed by atoms with Gasteiger partial charge in [-0.2, -0.15) is 0 Å². The first kappa shape index (κ1) is 31.4. The van der Waals surface area contributed by atoms with Gasteiger partial charge < -0.3 is 10.2 Å². The molecular formula is C31H44IrNO2-. The summed E-state index contributed by atoms with van der Waals surface area (Å²) < 4.78 is 0.